The standard InChI is InChI=1S/C13H12N4OS/c1-17-12(18)11(15-13(17)19-2)6-8-3-4-10-9(5-8)7-14-16-10/h3-7,18H,1-2H3. The minimum atomic E-state index is 0.170. The first-order valence-corrected chi connectivity index (χ1v) is 6.94. The molecule has 2 heterocycles. The molecule has 1 aliphatic rings. The van der Waals surface area contributed by atoms with Gasteiger partial charge >= 0.3 is 0 Å². The van der Waals surface area contributed by atoms with Crippen LogP contribution < -0.4 is 10.6 Å². The number of aromatic nitrogens is 2. The lowest BCUT2D eigenvalue weighted by molar-refractivity contribution is 0.424. The molecule has 1 N–H and O–H groups in total. The Morgan fingerprint density at radius 2 is 2.21 bits per heavy atom. The maximum absolute atomic E-state index is 10.0. The van der Waals surface area contributed by atoms with Crippen LogP contribution in [0.1, 0.15) is 11.3 Å². The highest BCUT2D eigenvalue weighted by molar-refractivity contribution is 7.98. The molecule has 96 valence electrons. The molecule has 19 heavy (non-hydrogen) atoms. The van der Waals surface area contributed by atoms with Crippen LogP contribution in [0.2, 0.25) is 0 Å². The van der Waals surface area contributed by atoms with Crippen molar-refractivity contribution in [1.82, 2.24) is 9.55 Å². The van der Waals surface area contributed by atoms with E-state index in [0.717, 1.165) is 21.3 Å². The van der Waals surface area contributed by atoms with Crippen molar-refractivity contribution in [2.45, 2.75) is 5.16 Å². The molecule has 0 unspecified atom stereocenters. The monoisotopic (exact) mass is 272 g/mol. The van der Waals surface area contributed by atoms with E-state index in [-0.39, 0.29) is 5.88 Å². The molecule has 5 nitrogen and oxygen atoms in total. The molecule has 3 rings (SSSR count). The van der Waals surface area contributed by atoms with Crippen molar-refractivity contribution >= 4 is 24.1 Å². The summed E-state index contributed by atoms with van der Waals surface area (Å²) in [5.41, 5.74) is 1.55. The van der Waals surface area contributed by atoms with Crippen molar-refractivity contribution in [3.05, 3.63) is 40.0 Å². The summed E-state index contributed by atoms with van der Waals surface area (Å²) in [6, 6.07) is 5.82. The van der Waals surface area contributed by atoms with Crippen LogP contribution in [0, 0.1) is 0 Å². The number of nitrogens with zero attached hydrogens (tertiary/aromatic N) is 4. The molecule has 0 saturated heterocycles. The number of thioether (sulfide) groups is 1. The van der Waals surface area contributed by atoms with E-state index >= 15 is 0 Å². The molecule has 0 aliphatic carbocycles. The van der Waals surface area contributed by atoms with E-state index in [1.807, 2.05) is 30.5 Å². The second-order valence-electron chi connectivity index (χ2n) is 4.17. The van der Waals surface area contributed by atoms with Gasteiger partial charge in [0.05, 0.1) is 11.6 Å². The topological polar surface area (TPSA) is 62.8 Å². The molecule has 1 aromatic carbocycles. The minimum Gasteiger partial charge on any atom is -0.493 e. The maximum Gasteiger partial charge on any atom is 0.219 e. The Morgan fingerprint density at radius 3 is 2.95 bits per heavy atom. The van der Waals surface area contributed by atoms with Crippen LogP contribution in [0.3, 0.4) is 0 Å². The Balaban J connectivity index is 2.12. The lowest BCUT2D eigenvalue weighted by Gasteiger charge is -1.96. The summed E-state index contributed by atoms with van der Waals surface area (Å²) in [7, 11) is 1.79. The molecule has 1 aliphatic heterocycles. The second kappa shape index (κ2) is 4.55. The second-order valence-corrected chi connectivity index (χ2v) is 4.95. The number of hydrogen-bond donors (Lipinski definition) is 1. The van der Waals surface area contributed by atoms with E-state index < -0.39 is 0 Å². The Bertz CT molecular complexity index is 792. The normalized spacial score (nSPS) is 13.7. The van der Waals surface area contributed by atoms with Gasteiger partial charge < -0.3 is 5.11 Å². The average molecular weight is 272 g/mol. The summed E-state index contributed by atoms with van der Waals surface area (Å²) < 4.78 is 1.67. The molecule has 1 aromatic heterocycles. The van der Waals surface area contributed by atoms with Crippen LogP contribution >= 0.6 is 11.8 Å². The summed E-state index contributed by atoms with van der Waals surface area (Å²) >= 11 is 1.50. The Labute approximate surface area is 114 Å². The molecule has 6 heteroatoms. The van der Waals surface area contributed by atoms with Gasteiger partial charge in [0.25, 0.3) is 0 Å². The Morgan fingerprint density at radius 1 is 1.37 bits per heavy atom. The number of imidazole rings is 1. The van der Waals surface area contributed by atoms with Gasteiger partial charge in [-0.05, 0) is 29.7 Å². The molecule has 0 spiro atoms. The number of hydrogen-bond acceptors (Lipinski definition) is 5. The van der Waals surface area contributed by atoms with E-state index in [1.165, 1.54) is 11.8 Å². The van der Waals surface area contributed by atoms with E-state index in [2.05, 4.69) is 15.2 Å². The van der Waals surface area contributed by atoms with Crippen molar-refractivity contribution in [1.29, 1.82) is 0 Å². The third-order valence-corrected chi connectivity index (χ3v) is 3.68. The van der Waals surface area contributed by atoms with Crippen molar-refractivity contribution in [2.75, 3.05) is 6.26 Å². The van der Waals surface area contributed by atoms with E-state index in [1.54, 1.807) is 17.8 Å². The van der Waals surface area contributed by atoms with E-state index in [4.69, 9.17) is 0 Å². The zero-order valence-electron chi connectivity index (χ0n) is 10.5. The zero-order chi connectivity index (χ0) is 13.4. The van der Waals surface area contributed by atoms with Crippen LogP contribution in [-0.4, -0.2) is 27.1 Å². The molecule has 0 atom stereocenters. The van der Waals surface area contributed by atoms with Crippen molar-refractivity contribution in [3.63, 3.8) is 0 Å². The molecule has 0 fully saturated rings. The van der Waals surface area contributed by atoms with Crippen LogP contribution in [0.5, 0.6) is 5.88 Å². The highest BCUT2D eigenvalue weighted by Crippen LogP contribution is 2.23. The molecule has 0 bridgehead atoms. The first-order valence-electron chi connectivity index (χ1n) is 5.71. The molecule has 0 amide bonds. The Kier molecular flexibility index (Phi) is 2.87. The quantitative estimate of drug-likeness (QED) is 0.816. The predicted molar refractivity (Wildman–Crippen MR) is 75.0 cm³/mol. The molecule has 2 aromatic rings. The first kappa shape index (κ1) is 12.0. The van der Waals surface area contributed by atoms with Crippen molar-refractivity contribution < 1.29 is 5.11 Å². The molecule has 0 radical (unpaired) electrons. The van der Waals surface area contributed by atoms with Crippen LogP contribution in [-0.2, 0) is 7.05 Å². The maximum atomic E-state index is 10.0. The van der Waals surface area contributed by atoms with E-state index in [0.29, 0.717) is 5.69 Å². The smallest absolute Gasteiger partial charge is 0.219 e. The fourth-order valence-electron chi connectivity index (χ4n) is 1.94. The number of fused-ring (bicyclic) bond motifs is 1. The van der Waals surface area contributed by atoms with Gasteiger partial charge in [-0.25, -0.2) is 4.98 Å². The third kappa shape index (κ3) is 2.04. The fourth-order valence-corrected chi connectivity index (χ4v) is 2.49. The van der Waals surface area contributed by atoms with Gasteiger partial charge in [-0.15, -0.1) is 0 Å². The molecular weight excluding hydrogens is 260 g/mol. The SMILES string of the molecule is CSc1nc(C=c2ccc3c(c2)C=NN=3)c(O)n1C. The van der Waals surface area contributed by atoms with Gasteiger partial charge in [-0.2, -0.15) is 10.2 Å². The summed E-state index contributed by atoms with van der Waals surface area (Å²) in [5.74, 6) is 0.170. The lowest BCUT2D eigenvalue weighted by atomic mass is 10.2. The zero-order valence-corrected chi connectivity index (χ0v) is 11.3. The minimum absolute atomic E-state index is 0.170. The number of rotatable bonds is 2. The first-order chi connectivity index (χ1) is 9.19. The summed E-state index contributed by atoms with van der Waals surface area (Å²) in [4.78, 5) is 4.38. The van der Waals surface area contributed by atoms with Crippen molar-refractivity contribution in [3.8, 4) is 5.88 Å². The van der Waals surface area contributed by atoms with Gasteiger partial charge in [0.2, 0.25) is 5.88 Å². The highest BCUT2D eigenvalue weighted by Gasteiger charge is 2.10. The van der Waals surface area contributed by atoms with Gasteiger partial charge in [0.1, 0.15) is 5.69 Å². The van der Waals surface area contributed by atoms with Crippen LogP contribution in [0.15, 0.2) is 33.6 Å². The van der Waals surface area contributed by atoms with Gasteiger partial charge in [-0.3, -0.25) is 4.57 Å². The summed E-state index contributed by atoms with van der Waals surface area (Å²) in [5, 5.41) is 20.5. The summed E-state index contributed by atoms with van der Waals surface area (Å²) in [6.07, 6.45) is 5.50. The Hall–Kier alpha value is -2.08. The average Bonchev–Trinajstić information content (AvgIpc) is 2.98. The van der Waals surface area contributed by atoms with Crippen LogP contribution in [0.25, 0.3) is 6.08 Å². The van der Waals surface area contributed by atoms with Gasteiger partial charge in [-0.1, -0.05) is 17.8 Å². The van der Waals surface area contributed by atoms with Gasteiger partial charge in [0, 0.05) is 12.6 Å². The summed E-state index contributed by atoms with van der Waals surface area (Å²) in [6.45, 7) is 0. The largest absolute Gasteiger partial charge is 0.493 e. The van der Waals surface area contributed by atoms with Crippen molar-refractivity contribution in [2.24, 2.45) is 17.3 Å². The van der Waals surface area contributed by atoms with E-state index in [9.17, 15) is 5.11 Å². The van der Waals surface area contributed by atoms with Crippen LogP contribution in [0.4, 0.5) is 0 Å². The fraction of sp³-hybridized carbons (Fsp3) is 0.154. The van der Waals surface area contributed by atoms with Gasteiger partial charge in [0.15, 0.2) is 5.16 Å². The third-order valence-electron chi connectivity index (χ3n) is 2.95. The lowest BCUT2D eigenvalue weighted by Crippen LogP contribution is -2.11. The highest BCUT2D eigenvalue weighted by atomic mass is 32.2. The number of benzene rings is 1. The molecule has 0 saturated carbocycles. The number of aromatic hydroxyl groups is 1. The predicted octanol–water partition coefficient (Wildman–Crippen LogP) is 0.643. The molecular formula is C13H12N4OS.